The maximum atomic E-state index is 2.49. The Kier molecular flexibility index (Phi) is 8.67. The zero-order valence-corrected chi connectivity index (χ0v) is 34.2. The lowest BCUT2D eigenvalue weighted by molar-refractivity contribution is 0.856. The molecule has 1 aliphatic rings. The molecule has 0 amide bonds. The first-order valence-corrected chi connectivity index (χ1v) is 21.6. The lowest BCUT2D eigenvalue weighted by Gasteiger charge is -2.27. The van der Waals surface area contributed by atoms with Crippen molar-refractivity contribution >= 4 is 71.2 Å². The van der Waals surface area contributed by atoms with Crippen LogP contribution in [-0.2, 0) is 0 Å². The number of nitrogens with zero attached hydrogens (tertiary/aromatic N) is 2. The van der Waals surface area contributed by atoms with Gasteiger partial charge in [0.25, 0.3) is 0 Å². The second kappa shape index (κ2) is 15.0. The Balaban J connectivity index is 1.05. The minimum absolute atomic E-state index is 0.285. The molecule has 0 saturated carbocycles. The normalized spacial score (nSPS) is 13.8. The van der Waals surface area contributed by atoms with Gasteiger partial charge in [-0.05, 0) is 127 Å². The summed E-state index contributed by atoms with van der Waals surface area (Å²) in [6, 6.07) is 78.2. The summed E-state index contributed by atoms with van der Waals surface area (Å²) in [5, 5.41) is 10.0. The number of para-hydroxylation sites is 2. The predicted octanol–water partition coefficient (Wildman–Crippen LogP) is 16.6. The Hall–Kier alpha value is -7.94. The lowest BCUT2D eigenvalue weighted by Crippen LogP contribution is -2.10. The fourth-order valence-electron chi connectivity index (χ4n) is 9.89. The third-order valence-corrected chi connectivity index (χ3v) is 12.9. The second-order valence-corrected chi connectivity index (χ2v) is 16.5. The zero-order chi connectivity index (χ0) is 41.0. The molecule has 12 rings (SSSR count). The van der Waals surface area contributed by atoms with Gasteiger partial charge in [0.15, 0.2) is 0 Å². The smallest absolute Gasteiger partial charge is 0.0585 e. The number of anilines is 3. The maximum Gasteiger partial charge on any atom is 0.0585 e. The molecular formula is C60H42N2. The number of allylic oxidation sites excluding steroid dienone is 4. The molecule has 11 aromatic rings. The average Bonchev–Trinajstić information content (AvgIpc) is 3.70. The summed E-state index contributed by atoms with van der Waals surface area (Å²) >= 11 is 0. The quantitative estimate of drug-likeness (QED) is 0.146. The molecule has 1 aromatic heterocycles. The molecule has 2 heteroatoms. The van der Waals surface area contributed by atoms with E-state index in [4.69, 9.17) is 0 Å². The molecule has 1 atom stereocenters. The van der Waals surface area contributed by atoms with Gasteiger partial charge in [0.2, 0.25) is 0 Å². The fourth-order valence-corrected chi connectivity index (χ4v) is 9.89. The summed E-state index contributed by atoms with van der Waals surface area (Å²) < 4.78 is 2.49. The second-order valence-electron chi connectivity index (χ2n) is 16.5. The molecule has 0 fully saturated rings. The van der Waals surface area contributed by atoms with E-state index in [2.05, 4.69) is 246 Å². The molecular weight excluding hydrogens is 749 g/mol. The number of benzene rings is 10. The van der Waals surface area contributed by atoms with Gasteiger partial charge in [0.1, 0.15) is 0 Å². The molecule has 10 aromatic carbocycles. The van der Waals surface area contributed by atoms with Gasteiger partial charge in [-0.2, -0.15) is 0 Å². The van der Waals surface area contributed by atoms with E-state index < -0.39 is 0 Å². The van der Waals surface area contributed by atoms with Crippen molar-refractivity contribution in [3.05, 3.63) is 242 Å². The molecule has 1 aliphatic carbocycles. The van der Waals surface area contributed by atoms with E-state index in [1.807, 2.05) is 0 Å². The highest BCUT2D eigenvalue weighted by Gasteiger charge is 2.23. The zero-order valence-electron chi connectivity index (χ0n) is 34.2. The van der Waals surface area contributed by atoms with Gasteiger partial charge in [-0.25, -0.2) is 0 Å². The van der Waals surface area contributed by atoms with Crippen LogP contribution in [-0.4, -0.2) is 4.57 Å². The van der Waals surface area contributed by atoms with Crippen LogP contribution in [0.5, 0.6) is 0 Å². The van der Waals surface area contributed by atoms with Gasteiger partial charge < -0.3 is 9.47 Å². The van der Waals surface area contributed by atoms with Crippen molar-refractivity contribution in [1.29, 1.82) is 0 Å². The predicted molar refractivity (Wildman–Crippen MR) is 264 cm³/mol. The number of fused-ring (bicyclic) bond motifs is 7. The number of hydrogen-bond donors (Lipinski definition) is 0. The Morgan fingerprint density at radius 3 is 1.97 bits per heavy atom. The molecule has 1 unspecified atom stereocenters. The van der Waals surface area contributed by atoms with E-state index >= 15 is 0 Å². The molecule has 0 N–H and O–H groups in total. The molecule has 0 spiro atoms. The molecule has 0 aliphatic heterocycles. The summed E-state index contributed by atoms with van der Waals surface area (Å²) in [7, 11) is 0. The van der Waals surface area contributed by atoms with Crippen molar-refractivity contribution < 1.29 is 0 Å². The summed E-state index contributed by atoms with van der Waals surface area (Å²) in [6.07, 6.45) is 10.00. The first-order chi connectivity index (χ1) is 30.7. The SMILES string of the molecule is C1=CCC(c2ccc(-c3cccc(N(c4ccc(-c5ccc6ccccc6c5)cc4)c4ccc5c(ccc6ccccc65)c4)c3)c3c4ccccc4n(-c4ccccc4)c23)C=C1. The van der Waals surface area contributed by atoms with E-state index in [-0.39, 0.29) is 5.92 Å². The molecule has 0 bridgehead atoms. The third kappa shape index (κ3) is 6.11. The Morgan fingerprint density at radius 2 is 1.11 bits per heavy atom. The van der Waals surface area contributed by atoms with E-state index in [9.17, 15) is 0 Å². The highest BCUT2D eigenvalue weighted by Crippen LogP contribution is 2.45. The summed E-state index contributed by atoms with van der Waals surface area (Å²) in [4.78, 5) is 2.42. The minimum atomic E-state index is 0.285. The summed E-state index contributed by atoms with van der Waals surface area (Å²) in [5.41, 5.74) is 13.1. The molecule has 62 heavy (non-hydrogen) atoms. The van der Waals surface area contributed by atoms with Crippen molar-refractivity contribution in [2.45, 2.75) is 12.3 Å². The van der Waals surface area contributed by atoms with Crippen molar-refractivity contribution in [1.82, 2.24) is 4.57 Å². The van der Waals surface area contributed by atoms with Crippen LogP contribution in [0.1, 0.15) is 17.9 Å². The maximum absolute atomic E-state index is 2.49. The lowest BCUT2D eigenvalue weighted by atomic mass is 9.88. The van der Waals surface area contributed by atoms with Gasteiger partial charge in [-0.1, -0.05) is 176 Å². The molecule has 2 nitrogen and oxygen atoms in total. The standard InChI is InChI=1S/C60H42N2/c1-3-15-43(16-4-1)56-37-36-55(59-57-24-11-12-25-58(57)62(60(56)59)49-20-5-2-6-21-49)47-19-13-22-51(39-47)61(52-34-35-54-48(40-52)29-27-44-17-9-10-23-53(44)54)50-32-30-42(31-33-50)46-28-26-41-14-7-8-18-45(41)38-46/h1-15,17-40,43H,16H2. The van der Waals surface area contributed by atoms with E-state index in [0.717, 1.165) is 23.5 Å². The number of aromatic nitrogens is 1. The largest absolute Gasteiger partial charge is 0.310 e. The molecule has 1 heterocycles. The first kappa shape index (κ1) is 36.0. The molecule has 0 saturated heterocycles. The van der Waals surface area contributed by atoms with Crippen LogP contribution < -0.4 is 4.90 Å². The Labute approximate surface area is 361 Å². The Morgan fingerprint density at radius 1 is 0.419 bits per heavy atom. The number of rotatable bonds is 7. The highest BCUT2D eigenvalue weighted by molar-refractivity contribution is 6.17. The van der Waals surface area contributed by atoms with Crippen LogP contribution in [0.3, 0.4) is 0 Å². The van der Waals surface area contributed by atoms with Gasteiger partial charge >= 0.3 is 0 Å². The van der Waals surface area contributed by atoms with Crippen molar-refractivity contribution in [2.75, 3.05) is 4.90 Å². The fraction of sp³-hybridized carbons (Fsp3) is 0.0333. The van der Waals surface area contributed by atoms with Crippen LogP contribution in [0.15, 0.2) is 237 Å². The topological polar surface area (TPSA) is 8.17 Å². The highest BCUT2D eigenvalue weighted by atomic mass is 15.1. The van der Waals surface area contributed by atoms with Gasteiger partial charge in [0.05, 0.1) is 11.0 Å². The monoisotopic (exact) mass is 790 g/mol. The van der Waals surface area contributed by atoms with Gasteiger partial charge in [-0.3, -0.25) is 0 Å². The number of hydrogen-bond acceptors (Lipinski definition) is 1. The van der Waals surface area contributed by atoms with Crippen LogP contribution >= 0.6 is 0 Å². The molecule has 292 valence electrons. The minimum Gasteiger partial charge on any atom is -0.310 e. The Bertz CT molecular complexity index is 3550. The van der Waals surface area contributed by atoms with E-state index in [0.29, 0.717) is 0 Å². The van der Waals surface area contributed by atoms with E-state index in [1.54, 1.807) is 0 Å². The van der Waals surface area contributed by atoms with Crippen LogP contribution in [0.25, 0.3) is 82.1 Å². The van der Waals surface area contributed by atoms with Crippen molar-refractivity contribution in [3.8, 4) is 27.9 Å². The van der Waals surface area contributed by atoms with Crippen LogP contribution in [0.4, 0.5) is 17.1 Å². The van der Waals surface area contributed by atoms with Gasteiger partial charge in [0, 0.05) is 39.4 Å². The average molecular weight is 791 g/mol. The van der Waals surface area contributed by atoms with Crippen LogP contribution in [0, 0.1) is 0 Å². The summed E-state index contributed by atoms with van der Waals surface area (Å²) in [5.74, 6) is 0.285. The van der Waals surface area contributed by atoms with E-state index in [1.165, 1.54) is 87.6 Å². The molecule has 0 radical (unpaired) electrons. The first-order valence-electron chi connectivity index (χ1n) is 21.6. The van der Waals surface area contributed by atoms with Crippen LogP contribution in [0.2, 0.25) is 0 Å². The van der Waals surface area contributed by atoms with Gasteiger partial charge in [-0.15, -0.1) is 0 Å². The van der Waals surface area contributed by atoms with Crippen molar-refractivity contribution in [2.24, 2.45) is 0 Å². The van der Waals surface area contributed by atoms with Crippen molar-refractivity contribution in [3.63, 3.8) is 0 Å². The summed E-state index contributed by atoms with van der Waals surface area (Å²) in [6.45, 7) is 0. The third-order valence-electron chi connectivity index (χ3n) is 12.9.